The van der Waals surface area contributed by atoms with E-state index in [0.29, 0.717) is 27.2 Å². The second-order valence-corrected chi connectivity index (χ2v) is 9.56. The molecule has 0 aliphatic carbocycles. The second kappa shape index (κ2) is 10.6. The van der Waals surface area contributed by atoms with Crippen molar-refractivity contribution in [1.29, 1.82) is 0 Å². The van der Waals surface area contributed by atoms with Crippen LogP contribution in [0.1, 0.15) is 11.1 Å². The van der Waals surface area contributed by atoms with Crippen LogP contribution in [0.2, 0.25) is 0 Å². The number of barbiturate groups is 1. The average Bonchev–Trinajstić information content (AvgIpc) is 2.90. The van der Waals surface area contributed by atoms with E-state index >= 15 is 0 Å². The van der Waals surface area contributed by atoms with Crippen LogP contribution in [0, 0.1) is 9.39 Å². The smallest absolute Gasteiger partial charge is 0.335 e. The number of hydrogen-bond donors (Lipinski definition) is 1. The first-order valence-electron chi connectivity index (χ1n) is 11.5. The van der Waals surface area contributed by atoms with Crippen LogP contribution in [0.15, 0.2) is 84.4 Å². The summed E-state index contributed by atoms with van der Waals surface area (Å²) in [4.78, 5) is 38.8. The van der Waals surface area contributed by atoms with Crippen LogP contribution >= 0.6 is 22.6 Å². The first-order chi connectivity index (χ1) is 18.4. The highest BCUT2D eigenvalue weighted by atomic mass is 127. The maximum absolute atomic E-state index is 13.7. The molecule has 1 N–H and O–H groups in total. The number of anilines is 1. The van der Waals surface area contributed by atoms with Crippen molar-refractivity contribution in [2.24, 2.45) is 0 Å². The van der Waals surface area contributed by atoms with Gasteiger partial charge in [0.15, 0.2) is 11.5 Å². The van der Waals surface area contributed by atoms with Crippen LogP contribution in [0.3, 0.4) is 0 Å². The summed E-state index contributed by atoms with van der Waals surface area (Å²) >= 11 is 2.09. The summed E-state index contributed by atoms with van der Waals surface area (Å²) in [5, 5.41) is 4.33. The van der Waals surface area contributed by atoms with E-state index in [1.54, 1.807) is 12.1 Å². The lowest BCUT2D eigenvalue weighted by atomic mass is 10.1. The molecule has 190 valence electrons. The number of methoxy groups -OCH3 is 1. The van der Waals surface area contributed by atoms with E-state index in [1.165, 1.54) is 31.4 Å². The van der Waals surface area contributed by atoms with E-state index in [2.05, 4.69) is 27.9 Å². The topological polar surface area (TPSA) is 84.9 Å². The lowest BCUT2D eigenvalue weighted by Crippen LogP contribution is -2.54. The van der Waals surface area contributed by atoms with Gasteiger partial charge < -0.3 is 9.47 Å². The van der Waals surface area contributed by atoms with Crippen molar-refractivity contribution in [2.45, 2.75) is 6.61 Å². The van der Waals surface area contributed by atoms with Crippen LogP contribution in [-0.4, -0.2) is 25.0 Å². The lowest BCUT2D eigenvalue weighted by Gasteiger charge is -2.26. The summed E-state index contributed by atoms with van der Waals surface area (Å²) in [6.07, 6.45) is 1.36. The molecular formula is C29H20FIN2O5. The molecule has 0 unspecified atom stereocenters. The summed E-state index contributed by atoms with van der Waals surface area (Å²) in [5.74, 6) is -1.42. The number of imide groups is 2. The Morgan fingerprint density at radius 2 is 1.74 bits per heavy atom. The molecule has 9 heteroatoms. The highest BCUT2D eigenvalue weighted by Gasteiger charge is 2.37. The number of benzene rings is 4. The summed E-state index contributed by atoms with van der Waals surface area (Å²) in [6, 6.07) is 21.5. The molecular weight excluding hydrogens is 602 g/mol. The van der Waals surface area contributed by atoms with Gasteiger partial charge in [-0.25, -0.2) is 14.1 Å². The van der Waals surface area contributed by atoms with Crippen LogP contribution in [0.4, 0.5) is 14.9 Å². The lowest BCUT2D eigenvalue weighted by molar-refractivity contribution is -0.122. The number of ether oxygens (including phenoxy) is 2. The maximum Gasteiger partial charge on any atom is 0.335 e. The number of nitrogens with one attached hydrogen (secondary N) is 1. The number of urea groups is 1. The van der Waals surface area contributed by atoms with E-state index in [9.17, 15) is 18.8 Å². The van der Waals surface area contributed by atoms with E-state index in [1.807, 2.05) is 42.5 Å². The van der Waals surface area contributed by atoms with Gasteiger partial charge in [0.25, 0.3) is 11.8 Å². The fourth-order valence-corrected chi connectivity index (χ4v) is 4.99. The van der Waals surface area contributed by atoms with Crippen LogP contribution < -0.4 is 19.7 Å². The molecule has 0 saturated carbocycles. The SMILES string of the molecule is COc1cc(/C=C2\C(=O)NC(=O)N(c3cccc(F)c3)C2=O)cc(I)c1OCc1cccc2ccccc12. The molecule has 1 heterocycles. The molecule has 1 aliphatic heterocycles. The van der Waals surface area contributed by atoms with Crippen molar-refractivity contribution in [2.75, 3.05) is 12.0 Å². The molecule has 5 rings (SSSR count). The van der Waals surface area contributed by atoms with Gasteiger partial charge >= 0.3 is 6.03 Å². The fourth-order valence-electron chi connectivity index (χ4n) is 4.21. The molecule has 0 bridgehead atoms. The van der Waals surface area contributed by atoms with Gasteiger partial charge in [0.2, 0.25) is 0 Å². The predicted octanol–water partition coefficient (Wildman–Crippen LogP) is 5.84. The molecule has 4 aromatic rings. The number of carbonyl (C=O) groups excluding carboxylic acids is 3. The molecule has 1 saturated heterocycles. The normalized spacial score (nSPS) is 14.7. The third-order valence-electron chi connectivity index (χ3n) is 5.98. The third kappa shape index (κ3) is 4.97. The number of amides is 4. The molecule has 0 radical (unpaired) electrons. The molecule has 0 atom stereocenters. The van der Waals surface area contributed by atoms with Gasteiger partial charge in [-0.05, 0) is 80.9 Å². The van der Waals surface area contributed by atoms with Crippen molar-refractivity contribution in [3.8, 4) is 11.5 Å². The van der Waals surface area contributed by atoms with Gasteiger partial charge in [-0.1, -0.05) is 48.5 Å². The number of carbonyl (C=O) groups is 3. The van der Waals surface area contributed by atoms with Gasteiger partial charge in [-0.15, -0.1) is 0 Å². The minimum atomic E-state index is -0.952. The average molecular weight is 622 g/mol. The number of hydrogen-bond acceptors (Lipinski definition) is 5. The number of nitrogens with zero attached hydrogens (tertiary/aromatic N) is 1. The minimum absolute atomic E-state index is 0.00949. The van der Waals surface area contributed by atoms with Crippen LogP contribution in [-0.2, 0) is 16.2 Å². The number of halogens is 2. The van der Waals surface area contributed by atoms with Gasteiger partial charge in [-0.2, -0.15) is 0 Å². The van der Waals surface area contributed by atoms with E-state index in [-0.39, 0.29) is 11.3 Å². The fraction of sp³-hybridized carbons (Fsp3) is 0.0690. The van der Waals surface area contributed by atoms with Gasteiger partial charge in [0, 0.05) is 0 Å². The Bertz CT molecular complexity index is 1630. The highest BCUT2D eigenvalue weighted by Crippen LogP contribution is 2.36. The summed E-state index contributed by atoms with van der Waals surface area (Å²) < 4.78 is 26.1. The summed E-state index contributed by atoms with van der Waals surface area (Å²) in [7, 11) is 1.50. The maximum atomic E-state index is 13.7. The Balaban J connectivity index is 1.45. The van der Waals surface area contributed by atoms with Crippen molar-refractivity contribution in [3.63, 3.8) is 0 Å². The molecule has 7 nitrogen and oxygen atoms in total. The van der Waals surface area contributed by atoms with Crippen molar-refractivity contribution < 1.29 is 28.2 Å². The molecule has 0 aromatic heterocycles. The van der Waals surface area contributed by atoms with E-state index in [4.69, 9.17) is 9.47 Å². The van der Waals surface area contributed by atoms with Crippen molar-refractivity contribution >= 4 is 63.0 Å². The standard InChI is InChI=1S/C29H20FIN2O5/c1-37-25-14-17(12-23-27(34)32-29(36)33(28(23)35)21-10-5-9-20(30)15-21)13-24(31)26(25)38-16-19-8-4-7-18-6-2-3-11-22(18)19/h2-15H,16H2,1H3,(H,32,34,36)/b23-12+. The van der Waals surface area contributed by atoms with Crippen molar-refractivity contribution in [3.05, 3.63) is 105 Å². The molecule has 1 fully saturated rings. The van der Waals surface area contributed by atoms with Crippen LogP contribution in [0.25, 0.3) is 16.8 Å². The van der Waals surface area contributed by atoms with Gasteiger partial charge in [0.05, 0.1) is 16.4 Å². The van der Waals surface area contributed by atoms with E-state index in [0.717, 1.165) is 27.3 Å². The Morgan fingerprint density at radius 1 is 0.974 bits per heavy atom. The Kier molecular flexibility index (Phi) is 7.10. The van der Waals surface area contributed by atoms with Gasteiger partial charge in [-0.3, -0.25) is 14.9 Å². The van der Waals surface area contributed by atoms with Crippen molar-refractivity contribution in [1.82, 2.24) is 5.32 Å². The second-order valence-electron chi connectivity index (χ2n) is 8.40. The van der Waals surface area contributed by atoms with Gasteiger partial charge in [0.1, 0.15) is 18.0 Å². The highest BCUT2D eigenvalue weighted by molar-refractivity contribution is 14.1. The Labute approximate surface area is 231 Å². The first-order valence-corrected chi connectivity index (χ1v) is 12.6. The first kappa shape index (κ1) is 25.4. The van der Waals surface area contributed by atoms with Crippen LogP contribution in [0.5, 0.6) is 11.5 Å². The largest absolute Gasteiger partial charge is 0.493 e. The zero-order valence-corrected chi connectivity index (χ0v) is 22.2. The molecule has 0 spiro atoms. The van der Waals surface area contributed by atoms with E-state index < -0.39 is 23.7 Å². The quantitative estimate of drug-likeness (QED) is 0.166. The molecule has 38 heavy (non-hydrogen) atoms. The predicted molar refractivity (Wildman–Crippen MR) is 149 cm³/mol. The summed E-state index contributed by atoms with van der Waals surface area (Å²) in [5.41, 5.74) is 1.22. The zero-order chi connectivity index (χ0) is 26.8. The minimum Gasteiger partial charge on any atom is -0.493 e. The number of rotatable bonds is 6. The third-order valence-corrected chi connectivity index (χ3v) is 6.78. The Hall–Kier alpha value is -4.25. The molecule has 4 amide bonds. The molecule has 4 aromatic carbocycles. The summed E-state index contributed by atoms with van der Waals surface area (Å²) in [6.45, 7) is 0.305. The monoisotopic (exact) mass is 622 g/mol. The zero-order valence-electron chi connectivity index (χ0n) is 20.0. The Morgan fingerprint density at radius 3 is 2.53 bits per heavy atom. The molecule has 1 aliphatic rings. The number of fused-ring (bicyclic) bond motifs is 1.